The summed E-state index contributed by atoms with van der Waals surface area (Å²) in [7, 11) is -2.17. The molecule has 5 nitrogen and oxygen atoms in total. The molecule has 1 fully saturated rings. The standard InChI is InChI=1S/C18H17Cl3N2O3S/c1-23(10-12-3-2-4-15(20)17(12)21)18(24)11-5-8-14(19)16(9-11)27(25,26)22-13-6-7-13/h2-5,8-9,13,22H,6-7,10H2,1H3. The van der Waals surface area contributed by atoms with Crippen molar-refractivity contribution in [3.63, 3.8) is 0 Å². The second kappa shape index (κ2) is 7.97. The molecule has 0 unspecified atom stereocenters. The molecule has 1 saturated carbocycles. The molecule has 0 aliphatic heterocycles. The third-order valence-electron chi connectivity index (χ3n) is 4.15. The number of sulfonamides is 1. The van der Waals surface area contributed by atoms with Gasteiger partial charge >= 0.3 is 0 Å². The van der Waals surface area contributed by atoms with Gasteiger partial charge in [-0.25, -0.2) is 13.1 Å². The van der Waals surface area contributed by atoms with E-state index in [4.69, 9.17) is 34.8 Å². The third kappa shape index (κ3) is 4.76. The highest BCUT2D eigenvalue weighted by Crippen LogP contribution is 2.29. The normalized spacial score (nSPS) is 14.2. The number of benzene rings is 2. The number of nitrogens with one attached hydrogen (secondary N) is 1. The molecule has 1 aliphatic carbocycles. The summed E-state index contributed by atoms with van der Waals surface area (Å²) in [6.07, 6.45) is 1.61. The van der Waals surface area contributed by atoms with E-state index in [0.29, 0.717) is 15.6 Å². The van der Waals surface area contributed by atoms with Gasteiger partial charge in [0.2, 0.25) is 10.0 Å². The van der Waals surface area contributed by atoms with Crippen LogP contribution in [0.4, 0.5) is 0 Å². The van der Waals surface area contributed by atoms with Crippen molar-refractivity contribution >= 4 is 50.7 Å². The molecule has 0 heterocycles. The zero-order valence-electron chi connectivity index (χ0n) is 14.4. The van der Waals surface area contributed by atoms with E-state index >= 15 is 0 Å². The van der Waals surface area contributed by atoms with Crippen LogP contribution in [0, 0.1) is 0 Å². The Morgan fingerprint density at radius 3 is 2.52 bits per heavy atom. The van der Waals surface area contributed by atoms with Gasteiger partial charge in [-0.2, -0.15) is 0 Å². The summed E-state index contributed by atoms with van der Waals surface area (Å²) < 4.78 is 27.5. The van der Waals surface area contributed by atoms with E-state index < -0.39 is 10.0 Å². The number of carbonyl (C=O) groups is 1. The van der Waals surface area contributed by atoms with Crippen LogP contribution in [0.5, 0.6) is 0 Å². The number of hydrogen-bond acceptors (Lipinski definition) is 3. The Balaban J connectivity index is 1.84. The molecule has 1 N–H and O–H groups in total. The molecule has 9 heteroatoms. The van der Waals surface area contributed by atoms with E-state index in [1.807, 2.05) is 0 Å². The fourth-order valence-electron chi connectivity index (χ4n) is 2.54. The van der Waals surface area contributed by atoms with Gasteiger partial charge in [0, 0.05) is 25.2 Å². The van der Waals surface area contributed by atoms with Crippen LogP contribution >= 0.6 is 34.8 Å². The number of carbonyl (C=O) groups excluding carboxylic acids is 1. The van der Waals surface area contributed by atoms with Crippen LogP contribution in [-0.4, -0.2) is 32.3 Å². The predicted octanol–water partition coefficient (Wildman–Crippen LogP) is 4.36. The maximum Gasteiger partial charge on any atom is 0.253 e. The minimum atomic E-state index is -3.77. The molecule has 0 aromatic heterocycles. The average Bonchev–Trinajstić information content (AvgIpc) is 3.41. The van der Waals surface area contributed by atoms with Crippen molar-refractivity contribution in [3.05, 3.63) is 62.6 Å². The first-order valence-corrected chi connectivity index (χ1v) is 10.8. The maximum atomic E-state index is 12.8. The van der Waals surface area contributed by atoms with Gasteiger partial charge in [0.05, 0.1) is 15.1 Å². The molecule has 0 atom stereocenters. The highest BCUT2D eigenvalue weighted by atomic mass is 35.5. The Morgan fingerprint density at radius 1 is 1.15 bits per heavy atom. The van der Waals surface area contributed by atoms with E-state index in [2.05, 4.69) is 4.72 Å². The predicted molar refractivity (Wildman–Crippen MR) is 107 cm³/mol. The molecular formula is C18H17Cl3N2O3S. The largest absolute Gasteiger partial charge is 0.337 e. The fraction of sp³-hybridized carbons (Fsp3) is 0.278. The molecule has 1 amide bonds. The Bertz CT molecular complexity index is 991. The molecule has 3 rings (SSSR count). The monoisotopic (exact) mass is 446 g/mol. The summed E-state index contributed by atoms with van der Waals surface area (Å²) in [5.74, 6) is -0.356. The van der Waals surface area contributed by atoms with Gasteiger partial charge in [0.1, 0.15) is 4.90 Å². The topological polar surface area (TPSA) is 66.5 Å². The molecule has 1 aliphatic rings. The van der Waals surface area contributed by atoms with Crippen molar-refractivity contribution in [3.8, 4) is 0 Å². The molecule has 0 bridgehead atoms. The van der Waals surface area contributed by atoms with Crippen LogP contribution in [0.25, 0.3) is 0 Å². The first-order chi connectivity index (χ1) is 12.7. The van der Waals surface area contributed by atoms with Gasteiger partial charge in [-0.3, -0.25) is 4.79 Å². The lowest BCUT2D eigenvalue weighted by Gasteiger charge is -2.19. The quantitative estimate of drug-likeness (QED) is 0.715. The average molecular weight is 448 g/mol. The van der Waals surface area contributed by atoms with Crippen LogP contribution in [-0.2, 0) is 16.6 Å². The number of amides is 1. The number of halogens is 3. The lowest BCUT2D eigenvalue weighted by Crippen LogP contribution is -2.28. The van der Waals surface area contributed by atoms with Crippen molar-refractivity contribution in [2.24, 2.45) is 0 Å². The van der Waals surface area contributed by atoms with Crippen molar-refractivity contribution in [2.75, 3.05) is 7.05 Å². The molecule has 2 aromatic carbocycles. The highest BCUT2D eigenvalue weighted by Gasteiger charge is 2.30. The minimum absolute atomic E-state index is 0.0573. The summed E-state index contributed by atoms with van der Waals surface area (Å²) in [5, 5.41) is 0.855. The maximum absolute atomic E-state index is 12.8. The van der Waals surface area contributed by atoms with Crippen LogP contribution in [0.2, 0.25) is 15.1 Å². The first kappa shape index (κ1) is 20.4. The smallest absolute Gasteiger partial charge is 0.253 e. The van der Waals surface area contributed by atoms with Crippen LogP contribution < -0.4 is 4.72 Å². The van der Waals surface area contributed by atoms with E-state index in [1.165, 1.54) is 23.1 Å². The van der Waals surface area contributed by atoms with E-state index in [1.54, 1.807) is 25.2 Å². The molecule has 0 radical (unpaired) electrons. The molecule has 27 heavy (non-hydrogen) atoms. The number of hydrogen-bond donors (Lipinski definition) is 1. The van der Waals surface area contributed by atoms with Gasteiger partial charge in [0.25, 0.3) is 5.91 Å². The highest BCUT2D eigenvalue weighted by molar-refractivity contribution is 7.89. The van der Waals surface area contributed by atoms with Gasteiger partial charge in [-0.1, -0.05) is 46.9 Å². The summed E-state index contributed by atoms with van der Waals surface area (Å²) in [6, 6.07) is 9.34. The molecule has 2 aromatic rings. The Kier molecular flexibility index (Phi) is 6.03. The van der Waals surface area contributed by atoms with Gasteiger partial charge < -0.3 is 4.90 Å². The lowest BCUT2D eigenvalue weighted by molar-refractivity contribution is 0.0785. The Morgan fingerprint density at radius 2 is 1.85 bits per heavy atom. The van der Waals surface area contributed by atoms with Crippen molar-refractivity contribution in [2.45, 2.75) is 30.3 Å². The zero-order chi connectivity index (χ0) is 19.8. The molecule has 0 saturated heterocycles. The minimum Gasteiger partial charge on any atom is -0.337 e. The van der Waals surface area contributed by atoms with Gasteiger partial charge in [-0.15, -0.1) is 0 Å². The SMILES string of the molecule is CN(Cc1cccc(Cl)c1Cl)C(=O)c1ccc(Cl)c(S(=O)(=O)NC2CC2)c1. The van der Waals surface area contributed by atoms with E-state index in [9.17, 15) is 13.2 Å². The number of nitrogens with zero attached hydrogens (tertiary/aromatic N) is 1. The van der Waals surface area contributed by atoms with Crippen LogP contribution in [0.15, 0.2) is 41.3 Å². The van der Waals surface area contributed by atoms with Crippen molar-refractivity contribution in [1.82, 2.24) is 9.62 Å². The Hall–Kier alpha value is -1.31. The second-order valence-corrected chi connectivity index (χ2v) is 9.29. The molecule has 144 valence electrons. The van der Waals surface area contributed by atoms with Crippen molar-refractivity contribution < 1.29 is 13.2 Å². The Labute approximate surface area is 173 Å². The number of rotatable bonds is 6. The lowest BCUT2D eigenvalue weighted by atomic mass is 10.1. The first-order valence-electron chi connectivity index (χ1n) is 8.19. The van der Waals surface area contributed by atoms with Crippen LogP contribution in [0.3, 0.4) is 0 Å². The molecule has 0 spiro atoms. The zero-order valence-corrected chi connectivity index (χ0v) is 17.5. The van der Waals surface area contributed by atoms with Crippen molar-refractivity contribution in [1.29, 1.82) is 0 Å². The van der Waals surface area contributed by atoms with E-state index in [0.717, 1.165) is 12.8 Å². The summed E-state index contributed by atoms with van der Waals surface area (Å²) in [5.41, 5.74) is 0.911. The molecular weight excluding hydrogens is 431 g/mol. The summed E-state index contributed by atoms with van der Waals surface area (Å²) >= 11 is 18.2. The van der Waals surface area contributed by atoms with Gasteiger partial charge in [0.15, 0.2) is 0 Å². The van der Waals surface area contributed by atoms with Crippen LogP contribution in [0.1, 0.15) is 28.8 Å². The third-order valence-corrected chi connectivity index (χ3v) is 7.01. The van der Waals surface area contributed by atoms with Gasteiger partial charge in [-0.05, 0) is 42.7 Å². The van der Waals surface area contributed by atoms with E-state index in [-0.39, 0.29) is 34.0 Å². The summed E-state index contributed by atoms with van der Waals surface area (Å²) in [4.78, 5) is 14.1. The fourth-order valence-corrected chi connectivity index (χ4v) is 4.76. The summed E-state index contributed by atoms with van der Waals surface area (Å²) in [6.45, 7) is 0.225. The second-order valence-electron chi connectivity index (χ2n) is 6.41.